The van der Waals surface area contributed by atoms with Crippen molar-refractivity contribution in [3.8, 4) is 0 Å². The van der Waals surface area contributed by atoms with E-state index in [9.17, 15) is 4.79 Å². The molecule has 2 fully saturated rings. The molecule has 0 heterocycles. The van der Waals surface area contributed by atoms with Crippen molar-refractivity contribution in [1.82, 2.24) is 5.32 Å². The van der Waals surface area contributed by atoms with E-state index in [4.69, 9.17) is 0 Å². The van der Waals surface area contributed by atoms with E-state index in [1.165, 1.54) is 25.7 Å². The number of hydrogen-bond acceptors (Lipinski definition) is 2. The molecule has 0 saturated heterocycles. The lowest BCUT2D eigenvalue weighted by molar-refractivity contribution is -0.115. The van der Waals surface area contributed by atoms with Crippen LogP contribution < -0.4 is 10.6 Å². The van der Waals surface area contributed by atoms with Crippen LogP contribution in [0.2, 0.25) is 0 Å². The van der Waals surface area contributed by atoms with Gasteiger partial charge in [0.25, 0.3) is 0 Å². The number of rotatable bonds is 7. The zero-order chi connectivity index (χ0) is 13.9. The van der Waals surface area contributed by atoms with Crippen LogP contribution in [0.5, 0.6) is 0 Å². The van der Waals surface area contributed by atoms with Crippen LogP contribution in [0, 0.1) is 24.7 Å². The molecule has 1 aromatic rings. The smallest absolute Gasteiger partial charge is 0.238 e. The maximum atomic E-state index is 11.9. The van der Waals surface area contributed by atoms with Crippen LogP contribution in [0.4, 0.5) is 5.69 Å². The molecule has 2 aliphatic rings. The van der Waals surface area contributed by atoms with Crippen LogP contribution in [-0.4, -0.2) is 19.0 Å². The molecule has 2 saturated carbocycles. The third-order valence-corrected chi connectivity index (χ3v) is 4.54. The molecule has 0 radical (unpaired) electrons. The van der Waals surface area contributed by atoms with Crippen molar-refractivity contribution in [3.63, 3.8) is 0 Å². The predicted molar refractivity (Wildman–Crippen MR) is 81.6 cm³/mol. The normalized spacial score (nSPS) is 18.3. The fraction of sp³-hybridized carbons (Fsp3) is 0.588. The van der Waals surface area contributed by atoms with Crippen LogP contribution in [0.3, 0.4) is 0 Å². The van der Waals surface area contributed by atoms with Gasteiger partial charge in [0.05, 0.1) is 6.54 Å². The van der Waals surface area contributed by atoms with Gasteiger partial charge in [0.1, 0.15) is 0 Å². The molecule has 3 heteroatoms. The third kappa shape index (κ3) is 3.60. The molecule has 1 amide bonds. The zero-order valence-electron chi connectivity index (χ0n) is 12.2. The van der Waals surface area contributed by atoms with Crippen molar-refractivity contribution in [1.29, 1.82) is 0 Å². The van der Waals surface area contributed by atoms with E-state index < -0.39 is 0 Å². The number of carbonyl (C=O) groups is 1. The minimum Gasteiger partial charge on any atom is -0.325 e. The molecule has 108 valence electrons. The Morgan fingerprint density at radius 1 is 1.20 bits per heavy atom. The minimum atomic E-state index is 0.0599. The number of benzene rings is 1. The second-order valence-corrected chi connectivity index (χ2v) is 6.33. The summed E-state index contributed by atoms with van der Waals surface area (Å²) in [7, 11) is 0. The molecule has 0 unspecified atom stereocenters. The molecule has 0 atom stereocenters. The lowest BCUT2D eigenvalue weighted by Crippen LogP contribution is -2.33. The second kappa shape index (κ2) is 5.96. The van der Waals surface area contributed by atoms with Gasteiger partial charge in [0.15, 0.2) is 0 Å². The van der Waals surface area contributed by atoms with Gasteiger partial charge in [0, 0.05) is 5.69 Å². The fourth-order valence-corrected chi connectivity index (χ4v) is 3.03. The molecule has 0 aromatic heterocycles. The molecule has 3 nitrogen and oxygen atoms in total. The highest BCUT2D eigenvalue weighted by molar-refractivity contribution is 5.92. The molecule has 2 N–H and O–H groups in total. The van der Waals surface area contributed by atoms with E-state index in [1.807, 2.05) is 31.2 Å². The van der Waals surface area contributed by atoms with E-state index in [-0.39, 0.29) is 5.91 Å². The van der Waals surface area contributed by atoms with Crippen molar-refractivity contribution >= 4 is 11.6 Å². The third-order valence-electron chi connectivity index (χ3n) is 4.54. The van der Waals surface area contributed by atoms with E-state index >= 15 is 0 Å². The summed E-state index contributed by atoms with van der Waals surface area (Å²) in [5.74, 6) is 2.76. The summed E-state index contributed by atoms with van der Waals surface area (Å²) in [6, 6.07) is 7.90. The van der Waals surface area contributed by atoms with Gasteiger partial charge < -0.3 is 10.6 Å². The van der Waals surface area contributed by atoms with Gasteiger partial charge >= 0.3 is 0 Å². The Morgan fingerprint density at radius 3 is 2.45 bits per heavy atom. The van der Waals surface area contributed by atoms with E-state index in [0.717, 1.165) is 35.5 Å². The van der Waals surface area contributed by atoms with E-state index in [2.05, 4.69) is 10.6 Å². The van der Waals surface area contributed by atoms with Crippen LogP contribution in [0.25, 0.3) is 0 Å². The lowest BCUT2D eigenvalue weighted by atomic mass is 9.98. The summed E-state index contributed by atoms with van der Waals surface area (Å²) in [4.78, 5) is 11.9. The molecule has 2 aliphatic carbocycles. The number of para-hydroxylation sites is 1. The summed E-state index contributed by atoms with van der Waals surface area (Å²) in [6.07, 6.45) is 5.60. The van der Waals surface area contributed by atoms with Crippen LogP contribution in [-0.2, 0) is 4.79 Å². The molecule has 0 bridgehead atoms. The van der Waals surface area contributed by atoms with Crippen LogP contribution in [0.15, 0.2) is 24.3 Å². The van der Waals surface area contributed by atoms with E-state index in [0.29, 0.717) is 6.54 Å². The minimum absolute atomic E-state index is 0.0599. The highest BCUT2D eigenvalue weighted by atomic mass is 16.1. The van der Waals surface area contributed by atoms with Gasteiger partial charge in [-0.3, -0.25) is 4.79 Å². The standard InChI is InChI=1S/C17H24N2O/c1-12-4-2-3-5-16(12)19-17(20)11-18-10-15(13-6-7-13)14-8-9-14/h2-5,13-15,18H,6-11H2,1H3,(H,19,20). The van der Waals surface area contributed by atoms with Crippen molar-refractivity contribution in [2.45, 2.75) is 32.6 Å². The summed E-state index contributed by atoms with van der Waals surface area (Å²) >= 11 is 0. The first-order chi connectivity index (χ1) is 9.74. The SMILES string of the molecule is Cc1ccccc1NC(=O)CNCC(C1CC1)C1CC1. The van der Waals surface area contributed by atoms with Crippen molar-refractivity contribution in [3.05, 3.63) is 29.8 Å². The largest absolute Gasteiger partial charge is 0.325 e. The van der Waals surface area contributed by atoms with Gasteiger partial charge in [-0.1, -0.05) is 18.2 Å². The predicted octanol–water partition coefficient (Wildman–Crippen LogP) is 2.96. The summed E-state index contributed by atoms with van der Waals surface area (Å²) < 4.78 is 0. The summed E-state index contributed by atoms with van der Waals surface area (Å²) in [5, 5.41) is 6.33. The quantitative estimate of drug-likeness (QED) is 0.801. The molecular weight excluding hydrogens is 248 g/mol. The molecule has 0 spiro atoms. The first-order valence-electron chi connectivity index (χ1n) is 7.80. The summed E-state index contributed by atoms with van der Waals surface area (Å²) in [5.41, 5.74) is 2.02. The number of amides is 1. The Balaban J connectivity index is 1.41. The van der Waals surface area contributed by atoms with Gasteiger partial charge in [-0.25, -0.2) is 0 Å². The van der Waals surface area contributed by atoms with Gasteiger partial charge in [0.2, 0.25) is 5.91 Å². The maximum Gasteiger partial charge on any atom is 0.238 e. The number of anilines is 1. The Labute approximate surface area is 121 Å². The van der Waals surface area contributed by atoms with Gasteiger partial charge in [-0.2, -0.15) is 0 Å². The van der Waals surface area contributed by atoms with Crippen molar-refractivity contribution < 1.29 is 4.79 Å². The molecular formula is C17H24N2O. The monoisotopic (exact) mass is 272 g/mol. The highest BCUT2D eigenvalue weighted by Gasteiger charge is 2.40. The van der Waals surface area contributed by atoms with Crippen molar-refractivity contribution in [2.24, 2.45) is 17.8 Å². The molecule has 0 aliphatic heterocycles. The Bertz CT molecular complexity index is 466. The Kier molecular flexibility index (Phi) is 4.06. The first kappa shape index (κ1) is 13.6. The summed E-state index contributed by atoms with van der Waals surface area (Å²) in [6.45, 7) is 3.44. The average molecular weight is 272 g/mol. The lowest BCUT2D eigenvalue weighted by Gasteiger charge is -2.16. The number of aryl methyl sites for hydroxylation is 1. The zero-order valence-corrected chi connectivity index (χ0v) is 12.2. The Morgan fingerprint density at radius 2 is 1.85 bits per heavy atom. The molecule has 1 aromatic carbocycles. The number of hydrogen-bond donors (Lipinski definition) is 2. The Hall–Kier alpha value is -1.35. The van der Waals surface area contributed by atoms with Gasteiger partial charge in [-0.05, 0) is 68.5 Å². The number of carbonyl (C=O) groups excluding carboxylic acids is 1. The van der Waals surface area contributed by atoms with Crippen LogP contribution in [0.1, 0.15) is 31.2 Å². The topological polar surface area (TPSA) is 41.1 Å². The second-order valence-electron chi connectivity index (χ2n) is 6.33. The molecule has 20 heavy (non-hydrogen) atoms. The highest BCUT2D eigenvalue weighted by Crippen LogP contribution is 2.48. The average Bonchev–Trinajstić information content (AvgIpc) is 3.30. The van der Waals surface area contributed by atoms with E-state index in [1.54, 1.807) is 0 Å². The van der Waals surface area contributed by atoms with Crippen LogP contribution >= 0.6 is 0 Å². The number of nitrogens with one attached hydrogen (secondary N) is 2. The maximum absolute atomic E-state index is 11.9. The first-order valence-corrected chi connectivity index (χ1v) is 7.80. The van der Waals surface area contributed by atoms with Gasteiger partial charge in [-0.15, -0.1) is 0 Å². The van der Waals surface area contributed by atoms with Crippen molar-refractivity contribution in [2.75, 3.05) is 18.4 Å². The fourth-order valence-electron chi connectivity index (χ4n) is 3.03. The molecule has 3 rings (SSSR count).